The number of amides is 2. The van der Waals surface area contributed by atoms with Crippen LogP contribution in [0.4, 0.5) is 5.82 Å². The Bertz CT molecular complexity index is 1080. The number of nitrogens with zero attached hydrogens (tertiary/aromatic N) is 5. The summed E-state index contributed by atoms with van der Waals surface area (Å²) in [6.45, 7) is 10.6. The Labute approximate surface area is 206 Å². The molecule has 0 aliphatic carbocycles. The highest BCUT2D eigenvalue weighted by Gasteiger charge is 2.25. The van der Waals surface area contributed by atoms with Crippen LogP contribution in [0.15, 0.2) is 30.3 Å². The maximum absolute atomic E-state index is 13.0. The summed E-state index contributed by atoms with van der Waals surface area (Å²) in [5.74, 6) is 0.538. The molecule has 0 unspecified atom stereocenters. The number of ether oxygens (including phenoxy) is 1. The smallest absolute Gasteiger partial charge is 0.239 e. The number of hydrogen-bond acceptors (Lipinski definition) is 6. The van der Waals surface area contributed by atoms with Gasteiger partial charge in [0.1, 0.15) is 11.9 Å². The van der Waals surface area contributed by atoms with Gasteiger partial charge in [0.25, 0.3) is 0 Å². The second kappa shape index (κ2) is 11.5. The van der Waals surface area contributed by atoms with Crippen molar-refractivity contribution < 1.29 is 14.3 Å². The van der Waals surface area contributed by atoms with Crippen LogP contribution in [0.2, 0.25) is 0 Å². The Balaban J connectivity index is 1.34. The van der Waals surface area contributed by atoms with Gasteiger partial charge in [-0.2, -0.15) is 5.26 Å². The first kappa shape index (κ1) is 24.9. The molecule has 0 saturated carbocycles. The van der Waals surface area contributed by atoms with E-state index in [9.17, 15) is 14.9 Å². The van der Waals surface area contributed by atoms with Crippen molar-refractivity contribution >= 4 is 17.6 Å². The van der Waals surface area contributed by atoms with Crippen molar-refractivity contribution in [2.24, 2.45) is 0 Å². The van der Waals surface area contributed by atoms with Crippen LogP contribution in [0.5, 0.6) is 0 Å². The molecule has 2 amide bonds. The Morgan fingerprint density at radius 1 is 0.971 bits per heavy atom. The zero-order chi connectivity index (χ0) is 24.8. The van der Waals surface area contributed by atoms with Crippen LogP contribution in [-0.2, 0) is 20.9 Å². The lowest BCUT2D eigenvalue weighted by atomic mass is 10.2. The summed E-state index contributed by atoms with van der Waals surface area (Å²) in [5, 5.41) is 12.8. The Morgan fingerprint density at radius 2 is 1.63 bits per heavy atom. The molecule has 2 aliphatic heterocycles. The van der Waals surface area contributed by atoms with Crippen LogP contribution in [-0.4, -0.2) is 96.7 Å². The molecule has 3 heterocycles. The molecule has 9 nitrogen and oxygen atoms in total. The van der Waals surface area contributed by atoms with Crippen molar-refractivity contribution in [2.45, 2.75) is 20.4 Å². The summed E-state index contributed by atoms with van der Waals surface area (Å²) >= 11 is 0. The van der Waals surface area contributed by atoms with E-state index in [4.69, 9.17) is 4.74 Å². The summed E-state index contributed by atoms with van der Waals surface area (Å²) < 4.78 is 7.35. The quantitative estimate of drug-likeness (QED) is 0.647. The number of carbonyl (C=O) groups excluding carboxylic acids is 2. The molecule has 2 saturated heterocycles. The van der Waals surface area contributed by atoms with Gasteiger partial charge in [0.05, 0.1) is 31.9 Å². The van der Waals surface area contributed by atoms with Crippen LogP contribution in [0.1, 0.15) is 22.4 Å². The molecule has 1 aromatic heterocycles. The first-order chi connectivity index (χ1) is 17.0. The number of nitriles is 1. The van der Waals surface area contributed by atoms with Crippen molar-refractivity contribution in [1.29, 1.82) is 5.26 Å². The van der Waals surface area contributed by atoms with E-state index in [1.807, 2.05) is 53.6 Å². The van der Waals surface area contributed by atoms with Crippen molar-refractivity contribution in [2.75, 3.05) is 70.9 Å². The number of piperazine rings is 1. The average molecular weight is 479 g/mol. The molecule has 1 N–H and O–H groups in total. The highest BCUT2D eigenvalue weighted by molar-refractivity contribution is 5.93. The second-order valence-corrected chi connectivity index (χ2v) is 9.21. The fourth-order valence-electron chi connectivity index (χ4n) is 4.67. The Hall–Kier alpha value is -3.19. The van der Waals surface area contributed by atoms with Gasteiger partial charge in [0.15, 0.2) is 0 Å². The third-order valence-corrected chi connectivity index (χ3v) is 6.94. The van der Waals surface area contributed by atoms with E-state index in [1.165, 1.54) is 0 Å². The van der Waals surface area contributed by atoms with Crippen molar-refractivity contribution in [3.8, 4) is 6.07 Å². The first-order valence-electron chi connectivity index (χ1n) is 12.2. The van der Waals surface area contributed by atoms with Gasteiger partial charge in [-0.05, 0) is 25.0 Å². The SMILES string of the molecule is Cc1c(C#N)c(NC(=O)CN2CCN(C(=O)CN3CCOCC3)CC2)n(Cc2ccccc2)c1C. The third-order valence-electron chi connectivity index (χ3n) is 6.94. The summed E-state index contributed by atoms with van der Waals surface area (Å²) in [6.07, 6.45) is 0. The van der Waals surface area contributed by atoms with E-state index in [2.05, 4.69) is 21.2 Å². The molecule has 0 spiro atoms. The van der Waals surface area contributed by atoms with E-state index in [-0.39, 0.29) is 18.4 Å². The maximum Gasteiger partial charge on any atom is 0.239 e. The van der Waals surface area contributed by atoms with Gasteiger partial charge in [-0.1, -0.05) is 30.3 Å². The molecule has 2 fully saturated rings. The number of benzene rings is 1. The van der Waals surface area contributed by atoms with Crippen LogP contribution < -0.4 is 5.32 Å². The summed E-state index contributed by atoms with van der Waals surface area (Å²) in [6, 6.07) is 12.3. The number of nitrogens with one attached hydrogen (secondary N) is 1. The molecule has 0 bridgehead atoms. The number of hydrogen-bond donors (Lipinski definition) is 1. The first-order valence-corrected chi connectivity index (χ1v) is 12.2. The van der Waals surface area contributed by atoms with Crippen molar-refractivity contribution in [1.82, 2.24) is 19.3 Å². The molecular formula is C26H34N6O3. The van der Waals surface area contributed by atoms with Gasteiger partial charge in [0.2, 0.25) is 11.8 Å². The molecule has 2 aliphatic rings. The molecule has 4 rings (SSSR count). The van der Waals surface area contributed by atoms with E-state index in [0.717, 1.165) is 29.9 Å². The standard InChI is InChI=1S/C26H34N6O3/c1-20-21(2)32(17-22-6-4-3-5-7-22)26(23(20)16-27)28-24(33)18-29-8-10-31(11-9-29)25(34)19-30-12-14-35-15-13-30/h3-7H,8-15,17-19H2,1-2H3,(H,28,33). The summed E-state index contributed by atoms with van der Waals surface area (Å²) in [4.78, 5) is 31.7. The topological polar surface area (TPSA) is 93.8 Å². The fourth-order valence-corrected chi connectivity index (χ4v) is 4.67. The lowest BCUT2D eigenvalue weighted by Gasteiger charge is -2.36. The van der Waals surface area contributed by atoms with Crippen LogP contribution >= 0.6 is 0 Å². The minimum absolute atomic E-state index is 0.138. The largest absolute Gasteiger partial charge is 0.379 e. The predicted molar refractivity (Wildman–Crippen MR) is 133 cm³/mol. The normalized spacial score (nSPS) is 17.2. The Kier molecular flexibility index (Phi) is 8.18. The highest BCUT2D eigenvalue weighted by Crippen LogP contribution is 2.27. The predicted octanol–water partition coefficient (Wildman–Crippen LogP) is 1.44. The van der Waals surface area contributed by atoms with Crippen LogP contribution in [0.25, 0.3) is 0 Å². The molecule has 186 valence electrons. The molecule has 2 aromatic rings. The van der Waals surface area contributed by atoms with E-state index in [1.54, 1.807) is 0 Å². The van der Waals surface area contributed by atoms with E-state index < -0.39 is 0 Å². The van der Waals surface area contributed by atoms with Gasteiger partial charge in [0, 0.05) is 51.5 Å². The highest BCUT2D eigenvalue weighted by atomic mass is 16.5. The van der Waals surface area contributed by atoms with Crippen molar-refractivity contribution in [3.05, 3.63) is 52.7 Å². The third kappa shape index (κ3) is 6.09. The van der Waals surface area contributed by atoms with E-state index in [0.29, 0.717) is 63.9 Å². The minimum Gasteiger partial charge on any atom is -0.379 e. The van der Waals surface area contributed by atoms with Gasteiger partial charge >= 0.3 is 0 Å². The van der Waals surface area contributed by atoms with Gasteiger partial charge < -0.3 is 19.5 Å². The number of anilines is 1. The van der Waals surface area contributed by atoms with Crippen molar-refractivity contribution in [3.63, 3.8) is 0 Å². The van der Waals surface area contributed by atoms with Gasteiger partial charge in [-0.3, -0.25) is 19.4 Å². The second-order valence-electron chi connectivity index (χ2n) is 9.21. The lowest BCUT2D eigenvalue weighted by Crippen LogP contribution is -2.53. The van der Waals surface area contributed by atoms with Gasteiger partial charge in [-0.25, -0.2) is 0 Å². The van der Waals surface area contributed by atoms with Gasteiger partial charge in [-0.15, -0.1) is 0 Å². The zero-order valence-electron chi connectivity index (χ0n) is 20.6. The van der Waals surface area contributed by atoms with Crippen LogP contribution in [0, 0.1) is 25.2 Å². The summed E-state index contributed by atoms with van der Waals surface area (Å²) in [5.41, 5.74) is 3.45. The molecule has 9 heteroatoms. The lowest BCUT2D eigenvalue weighted by molar-refractivity contribution is -0.135. The molecule has 1 aromatic carbocycles. The molecule has 0 atom stereocenters. The number of aromatic nitrogens is 1. The maximum atomic E-state index is 13.0. The number of morpholine rings is 1. The fraction of sp³-hybridized carbons (Fsp3) is 0.500. The molecule has 0 radical (unpaired) electrons. The average Bonchev–Trinajstić information content (AvgIpc) is 3.09. The number of rotatable bonds is 7. The molecule has 35 heavy (non-hydrogen) atoms. The Morgan fingerprint density at radius 3 is 2.29 bits per heavy atom. The number of carbonyl (C=O) groups is 2. The van der Waals surface area contributed by atoms with Crippen LogP contribution in [0.3, 0.4) is 0 Å². The monoisotopic (exact) mass is 478 g/mol. The zero-order valence-corrected chi connectivity index (χ0v) is 20.6. The molecular weight excluding hydrogens is 444 g/mol. The summed E-state index contributed by atoms with van der Waals surface area (Å²) in [7, 11) is 0. The minimum atomic E-state index is -0.151. The van der Waals surface area contributed by atoms with E-state index >= 15 is 0 Å².